The van der Waals surface area contributed by atoms with Crippen molar-refractivity contribution in [3.05, 3.63) is 59.2 Å². The number of carbonyl (C=O) groups excluding carboxylic acids is 2. The van der Waals surface area contributed by atoms with E-state index in [0.717, 1.165) is 11.4 Å². The Morgan fingerprint density at radius 2 is 1.68 bits per heavy atom. The zero-order valence-electron chi connectivity index (χ0n) is 14.0. The number of aromatic nitrogens is 4. The normalized spacial score (nSPS) is 10.6. The van der Waals surface area contributed by atoms with E-state index < -0.39 is 5.91 Å². The Bertz CT molecular complexity index is 920. The average molecular weight is 338 g/mol. The van der Waals surface area contributed by atoms with Gasteiger partial charge in [0.15, 0.2) is 0 Å². The van der Waals surface area contributed by atoms with Crippen molar-refractivity contribution in [2.45, 2.75) is 13.8 Å². The topological polar surface area (TPSA) is 101 Å². The van der Waals surface area contributed by atoms with E-state index in [4.69, 9.17) is 0 Å². The highest BCUT2D eigenvalue weighted by Crippen LogP contribution is 2.05. The van der Waals surface area contributed by atoms with E-state index in [-0.39, 0.29) is 18.3 Å². The summed E-state index contributed by atoms with van der Waals surface area (Å²) < 4.78 is 1.53. The number of hydrogen-bond donors (Lipinski definition) is 2. The number of nitrogens with zero attached hydrogens (tertiary/aromatic N) is 4. The molecule has 0 saturated heterocycles. The first kappa shape index (κ1) is 16.6. The van der Waals surface area contributed by atoms with Crippen LogP contribution in [0.2, 0.25) is 0 Å². The van der Waals surface area contributed by atoms with Gasteiger partial charge in [-0.3, -0.25) is 9.59 Å². The standard InChI is InChI=1S/C17H18N6O2/c1-11-10-12(2)23-17(20-11)21-14(22-23)16(25)19-9-8-18-15(24)13-6-4-3-5-7-13/h3-7,10H,8-9H2,1-2H3,(H,18,24)(H,19,25). The lowest BCUT2D eigenvalue weighted by Gasteiger charge is -2.05. The molecular formula is C17H18N6O2. The second-order valence-corrected chi connectivity index (χ2v) is 5.56. The number of amides is 2. The first-order valence-corrected chi connectivity index (χ1v) is 7.87. The van der Waals surface area contributed by atoms with Gasteiger partial charge in [0.25, 0.3) is 17.6 Å². The molecule has 0 atom stereocenters. The molecule has 0 aliphatic carbocycles. The summed E-state index contributed by atoms with van der Waals surface area (Å²) in [5.74, 6) is -0.150. The Labute approximate surface area is 144 Å². The lowest BCUT2D eigenvalue weighted by atomic mass is 10.2. The van der Waals surface area contributed by atoms with Gasteiger partial charge in [0.1, 0.15) is 0 Å². The maximum absolute atomic E-state index is 12.1. The van der Waals surface area contributed by atoms with Gasteiger partial charge in [-0.2, -0.15) is 4.98 Å². The number of aryl methyl sites for hydroxylation is 2. The van der Waals surface area contributed by atoms with Crippen molar-refractivity contribution in [3.8, 4) is 0 Å². The molecule has 3 aromatic rings. The highest BCUT2D eigenvalue weighted by molar-refractivity contribution is 5.94. The van der Waals surface area contributed by atoms with Crippen molar-refractivity contribution in [1.29, 1.82) is 0 Å². The van der Waals surface area contributed by atoms with Crippen LogP contribution in [0.25, 0.3) is 5.78 Å². The van der Waals surface area contributed by atoms with E-state index in [1.165, 1.54) is 4.52 Å². The summed E-state index contributed by atoms with van der Waals surface area (Å²) in [5, 5.41) is 9.58. The van der Waals surface area contributed by atoms with Crippen molar-refractivity contribution in [2.75, 3.05) is 13.1 Å². The minimum Gasteiger partial charge on any atom is -0.350 e. The SMILES string of the molecule is Cc1cc(C)n2nc(C(=O)NCCNC(=O)c3ccccc3)nc2n1. The first-order valence-electron chi connectivity index (χ1n) is 7.87. The van der Waals surface area contributed by atoms with Crippen molar-refractivity contribution in [2.24, 2.45) is 0 Å². The molecule has 0 unspecified atom stereocenters. The molecule has 8 nitrogen and oxygen atoms in total. The van der Waals surface area contributed by atoms with Crippen LogP contribution in [0.15, 0.2) is 36.4 Å². The van der Waals surface area contributed by atoms with E-state index in [1.54, 1.807) is 24.3 Å². The molecule has 0 spiro atoms. The summed E-state index contributed by atoms with van der Waals surface area (Å²) in [6.07, 6.45) is 0. The molecule has 128 valence electrons. The monoisotopic (exact) mass is 338 g/mol. The predicted octanol–water partition coefficient (Wildman–Crippen LogP) is 0.901. The van der Waals surface area contributed by atoms with Crippen molar-refractivity contribution in [3.63, 3.8) is 0 Å². The molecule has 3 rings (SSSR count). The molecule has 0 fully saturated rings. The molecule has 8 heteroatoms. The lowest BCUT2D eigenvalue weighted by molar-refractivity contribution is 0.0922. The molecule has 0 aliphatic rings. The van der Waals surface area contributed by atoms with Crippen molar-refractivity contribution >= 4 is 17.6 Å². The summed E-state index contributed by atoms with van der Waals surface area (Å²) in [5.41, 5.74) is 2.24. The van der Waals surface area contributed by atoms with Crippen LogP contribution in [0.4, 0.5) is 0 Å². The van der Waals surface area contributed by atoms with E-state index in [2.05, 4.69) is 25.7 Å². The van der Waals surface area contributed by atoms with Gasteiger partial charge < -0.3 is 10.6 Å². The Morgan fingerprint density at radius 3 is 2.40 bits per heavy atom. The fraction of sp³-hybridized carbons (Fsp3) is 0.235. The fourth-order valence-corrected chi connectivity index (χ4v) is 2.39. The van der Waals surface area contributed by atoms with Crippen LogP contribution in [0.3, 0.4) is 0 Å². The van der Waals surface area contributed by atoms with Crippen LogP contribution < -0.4 is 10.6 Å². The molecule has 0 saturated carbocycles. The highest BCUT2D eigenvalue weighted by Gasteiger charge is 2.14. The number of carbonyl (C=O) groups is 2. The van der Waals surface area contributed by atoms with E-state index >= 15 is 0 Å². The lowest BCUT2D eigenvalue weighted by Crippen LogP contribution is -2.35. The summed E-state index contributed by atoms with van der Waals surface area (Å²) in [7, 11) is 0. The molecule has 0 aliphatic heterocycles. The maximum Gasteiger partial charge on any atom is 0.291 e. The van der Waals surface area contributed by atoms with E-state index in [1.807, 2.05) is 26.0 Å². The number of fused-ring (bicyclic) bond motifs is 1. The third-order valence-electron chi connectivity index (χ3n) is 3.55. The Kier molecular flexibility index (Phi) is 4.69. The first-order chi connectivity index (χ1) is 12.0. The second kappa shape index (κ2) is 7.08. The third kappa shape index (κ3) is 3.79. The fourth-order valence-electron chi connectivity index (χ4n) is 2.39. The maximum atomic E-state index is 12.1. The van der Waals surface area contributed by atoms with Crippen molar-refractivity contribution in [1.82, 2.24) is 30.2 Å². The van der Waals surface area contributed by atoms with Gasteiger partial charge in [-0.05, 0) is 32.0 Å². The van der Waals surface area contributed by atoms with Crippen LogP contribution in [0.1, 0.15) is 32.4 Å². The third-order valence-corrected chi connectivity index (χ3v) is 3.55. The zero-order chi connectivity index (χ0) is 17.8. The highest BCUT2D eigenvalue weighted by atomic mass is 16.2. The smallest absolute Gasteiger partial charge is 0.291 e. The minimum absolute atomic E-state index is 0.0515. The number of benzene rings is 1. The molecule has 0 bridgehead atoms. The molecule has 1 aromatic carbocycles. The Morgan fingerprint density at radius 1 is 1.00 bits per heavy atom. The van der Waals surface area contributed by atoms with Crippen LogP contribution in [-0.4, -0.2) is 44.5 Å². The largest absolute Gasteiger partial charge is 0.350 e. The number of rotatable bonds is 5. The van der Waals surface area contributed by atoms with E-state index in [9.17, 15) is 9.59 Å². The molecule has 0 radical (unpaired) electrons. The average Bonchev–Trinajstić information content (AvgIpc) is 3.03. The second-order valence-electron chi connectivity index (χ2n) is 5.56. The molecular weight excluding hydrogens is 320 g/mol. The van der Waals surface area contributed by atoms with Crippen LogP contribution in [-0.2, 0) is 0 Å². The van der Waals surface area contributed by atoms with Gasteiger partial charge in [0.2, 0.25) is 5.82 Å². The van der Waals surface area contributed by atoms with Gasteiger partial charge in [-0.1, -0.05) is 18.2 Å². The van der Waals surface area contributed by atoms with Gasteiger partial charge in [-0.25, -0.2) is 9.50 Å². The summed E-state index contributed by atoms with van der Waals surface area (Å²) in [6.45, 7) is 4.32. The Balaban J connectivity index is 1.54. The van der Waals surface area contributed by atoms with Crippen LogP contribution in [0, 0.1) is 13.8 Å². The van der Waals surface area contributed by atoms with Crippen LogP contribution in [0.5, 0.6) is 0 Å². The summed E-state index contributed by atoms with van der Waals surface area (Å²) >= 11 is 0. The molecule has 2 N–H and O–H groups in total. The van der Waals surface area contributed by atoms with Gasteiger partial charge in [0.05, 0.1) is 0 Å². The van der Waals surface area contributed by atoms with Gasteiger partial charge in [0, 0.05) is 30.0 Å². The summed E-state index contributed by atoms with van der Waals surface area (Å²) in [4.78, 5) is 32.4. The van der Waals surface area contributed by atoms with Gasteiger partial charge >= 0.3 is 0 Å². The Hall–Kier alpha value is -3.29. The predicted molar refractivity (Wildman–Crippen MR) is 91.4 cm³/mol. The number of hydrogen-bond acceptors (Lipinski definition) is 5. The van der Waals surface area contributed by atoms with Crippen LogP contribution >= 0.6 is 0 Å². The minimum atomic E-state index is -0.406. The number of nitrogens with one attached hydrogen (secondary N) is 2. The molecule has 2 amide bonds. The van der Waals surface area contributed by atoms with Crippen molar-refractivity contribution < 1.29 is 9.59 Å². The summed E-state index contributed by atoms with van der Waals surface area (Å²) in [6, 6.07) is 10.8. The zero-order valence-corrected chi connectivity index (χ0v) is 14.0. The van der Waals surface area contributed by atoms with E-state index in [0.29, 0.717) is 17.9 Å². The molecule has 25 heavy (non-hydrogen) atoms. The molecule has 2 heterocycles. The quantitative estimate of drug-likeness (QED) is 0.673. The molecule has 2 aromatic heterocycles. The van der Waals surface area contributed by atoms with Gasteiger partial charge in [-0.15, -0.1) is 5.10 Å².